The molecule has 0 aromatic heterocycles. The van der Waals surface area contributed by atoms with Gasteiger partial charge in [0.05, 0.1) is 0 Å². The third-order valence-electron chi connectivity index (χ3n) is 3.35. The predicted octanol–water partition coefficient (Wildman–Crippen LogP) is 2.48. The number of carbonyl (C=O) groups is 1. The SMILES string of the molecule is O=C(NCC1(CCO)CC1)c1cc(F)cc(Br)c1. The maximum atomic E-state index is 13.2. The molecule has 5 heteroatoms. The number of rotatable bonds is 5. The number of aliphatic hydroxyl groups excluding tert-OH is 1. The number of aliphatic hydroxyl groups is 1. The lowest BCUT2D eigenvalue weighted by Crippen LogP contribution is -2.30. The topological polar surface area (TPSA) is 49.3 Å². The van der Waals surface area contributed by atoms with Gasteiger partial charge in [0.1, 0.15) is 5.82 Å². The monoisotopic (exact) mass is 315 g/mol. The van der Waals surface area contributed by atoms with Crippen molar-refractivity contribution < 1.29 is 14.3 Å². The minimum atomic E-state index is -0.439. The van der Waals surface area contributed by atoms with Crippen LogP contribution in [0.15, 0.2) is 22.7 Å². The third-order valence-corrected chi connectivity index (χ3v) is 3.81. The first-order valence-electron chi connectivity index (χ1n) is 5.90. The van der Waals surface area contributed by atoms with Crippen molar-refractivity contribution in [2.24, 2.45) is 5.41 Å². The predicted molar refractivity (Wildman–Crippen MR) is 69.8 cm³/mol. The fraction of sp³-hybridized carbons (Fsp3) is 0.462. The zero-order valence-electron chi connectivity index (χ0n) is 9.88. The van der Waals surface area contributed by atoms with Crippen LogP contribution >= 0.6 is 15.9 Å². The molecule has 0 heterocycles. The van der Waals surface area contributed by atoms with Crippen LogP contribution in [0, 0.1) is 11.2 Å². The second-order valence-electron chi connectivity index (χ2n) is 4.81. The molecule has 0 atom stereocenters. The molecule has 1 fully saturated rings. The summed E-state index contributed by atoms with van der Waals surface area (Å²) in [5, 5.41) is 11.7. The quantitative estimate of drug-likeness (QED) is 0.877. The van der Waals surface area contributed by atoms with Crippen LogP contribution in [0.1, 0.15) is 29.6 Å². The number of hydrogen-bond donors (Lipinski definition) is 2. The molecule has 2 rings (SSSR count). The Morgan fingerprint density at radius 2 is 2.17 bits per heavy atom. The molecule has 0 bridgehead atoms. The molecule has 1 aromatic rings. The highest BCUT2D eigenvalue weighted by atomic mass is 79.9. The Morgan fingerprint density at radius 3 is 2.72 bits per heavy atom. The van der Waals surface area contributed by atoms with Crippen LogP contribution in [0.25, 0.3) is 0 Å². The van der Waals surface area contributed by atoms with Crippen LogP contribution in [-0.2, 0) is 0 Å². The van der Waals surface area contributed by atoms with Gasteiger partial charge in [-0.1, -0.05) is 15.9 Å². The van der Waals surface area contributed by atoms with E-state index in [4.69, 9.17) is 5.11 Å². The molecule has 18 heavy (non-hydrogen) atoms. The minimum absolute atomic E-state index is 0.0645. The van der Waals surface area contributed by atoms with Crippen molar-refractivity contribution in [2.75, 3.05) is 13.2 Å². The van der Waals surface area contributed by atoms with Gasteiger partial charge in [0.25, 0.3) is 5.91 Å². The summed E-state index contributed by atoms with van der Waals surface area (Å²) in [6, 6.07) is 4.11. The summed E-state index contributed by atoms with van der Waals surface area (Å²) in [7, 11) is 0. The Morgan fingerprint density at radius 1 is 1.44 bits per heavy atom. The van der Waals surface area contributed by atoms with Crippen molar-refractivity contribution in [1.82, 2.24) is 5.32 Å². The number of hydrogen-bond acceptors (Lipinski definition) is 2. The molecule has 1 aliphatic rings. The third kappa shape index (κ3) is 3.29. The molecule has 1 aromatic carbocycles. The van der Waals surface area contributed by atoms with E-state index in [0.717, 1.165) is 12.8 Å². The van der Waals surface area contributed by atoms with Crippen LogP contribution in [0.2, 0.25) is 0 Å². The lowest BCUT2D eigenvalue weighted by Gasteiger charge is -2.14. The Bertz CT molecular complexity index is 440. The largest absolute Gasteiger partial charge is 0.396 e. The summed E-state index contributed by atoms with van der Waals surface area (Å²) < 4.78 is 13.7. The van der Waals surface area contributed by atoms with E-state index in [9.17, 15) is 9.18 Å². The highest BCUT2D eigenvalue weighted by Gasteiger charge is 2.41. The molecule has 0 unspecified atom stereocenters. The van der Waals surface area contributed by atoms with Crippen LogP contribution < -0.4 is 5.32 Å². The van der Waals surface area contributed by atoms with Crippen molar-refractivity contribution >= 4 is 21.8 Å². The molecule has 3 nitrogen and oxygen atoms in total. The Labute approximate surface area is 114 Å². The molecule has 0 saturated heterocycles. The maximum Gasteiger partial charge on any atom is 0.251 e. The van der Waals surface area contributed by atoms with Crippen LogP contribution in [0.5, 0.6) is 0 Å². The van der Waals surface area contributed by atoms with E-state index < -0.39 is 5.82 Å². The highest BCUT2D eigenvalue weighted by Crippen LogP contribution is 2.47. The molecule has 0 spiro atoms. The molecule has 0 radical (unpaired) electrons. The Hall–Kier alpha value is -0.940. The van der Waals surface area contributed by atoms with Crippen molar-refractivity contribution in [3.8, 4) is 0 Å². The first kappa shape index (κ1) is 13.5. The van der Waals surface area contributed by atoms with Gasteiger partial charge < -0.3 is 10.4 Å². The van der Waals surface area contributed by atoms with Gasteiger partial charge in [-0.05, 0) is 42.9 Å². The first-order chi connectivity index (χ1) is 8.54. The second-order valence-corrected chi connectivity index (χ2v) is 5.73. The zero-order valence-corrected chi connectivity index (χ0v) is 11.5. The zero-order chi connectivity index (χ0) is 13.2. The van der Waals surface area contributed by atoms with Gasteiger partial charge in [0.2, 0.25) is 0 Å². The first-order valence-corrected chi connectivity index (χ1v) is 6.69. The van der Waals surface area contributed by atoms with Crippen molar-refractivity contribution in [1.29, 1.82) is 0 Å². The van der Waals surface area contributed by atoms with E-state index >= 15 is 0 Å². The highest BCUT2D eigenvalue weighted by molar-refractivity contribution is 9.10. The normalized spacial score (nSPS) is 16.4. The summed E-state index contributed by atoms with van der Waals surface area (Å²) in [6.45, 7) is 0.682. The molecule has 1 amide bonds. The summed E-state index contributed by atoms with van der Waals surface area (Å²) in [6.07, 6.45) is 2.77. The molecule has 2 N–H and O–H groups in total. The smallest absolute Gasteiger partial charge is 0.251 e. The van der Waals surface area contributed by atoms with Crippen molar-refractivity contribution in [3.05, 3.63) is 34.1 Å². The van der Waals surface area contributed by atoms with E-state index in [2.05, 4.69) is 21.2 Å². The minimum Gasteiger partial charge on any atom is -0.396 e. The number of carbonyl (C=O) groups excluding carboxylic acids is 1. The van der Waals surface area contributed by atoms with E-state index in [1.54, 1.807) is 6.07 Å². The molecular formula is C13H15BrFNO2. The molecule has 1 aliphatic carbocycles. The van der Waals surface area contributed by atoms with E-state index in [0.29, 0.717) is 23.0 Å². The van der Waals surface area contributed by atoms with Crippen molar-refractivity contribution in [2.45, 2.75) is 19.3 Å². The molecule has 1 saturated carbocycles. The number of nitrogens with one attached hydrogen (secondary N) is 1. The van der Waals surface area contributed by atoms with Crippen LogP contribution in [0.4, 0.5) is 4.39 Å². The maximum absolute atomic E-state index is 13.2. The van der Waals surface area contributed by atoms with Crippen LogP contribution in [-0.4, -0.2) is 24.2 Å². The van der Waals surface area contributed by atoms with E-state index in [-0.39, 0.29) is 17.9 Å². The fourth-order valence-corrected chi connectivity index (χ4v) is 2.45. The van der Waals surface area contributed by atoms with Gasteiger partial charge in [-0.25, -0.2) is 4.39 Å². The average molecular weight is 316 g/mol. The summed E-state index contributed by atoms with van der Waals surface area (Å²) in [4.78, 5) is 11.9. The number of halogens is 2. The van der Waals surface area contributed by atoms with Gasteiger partial charge in [-0.15, -0.1) is 0 Å². The molecule has 0 aliphatic heterocycles. The Kier molecular flexibility index (Phi) is 4.02. The second kappa shape index (κ2) is 5.36. The standard InChI is InChI=1S/C13H15BrFNO2/c14-10-5-9(6-11(15)7-10)12(18)16-8-13(1-2-13)3-4-17/h5-7,17H,1-4,8H2,(H,16,18). The average Bonchev–Trinajstić information content (AvgIpc) is 3.06. The lowest BCUT2D eigenvalue weighted by molar-refractivity contribution is 0.0940. The number of amides is 1. The van der Waals surface area contributed by atoms with Gasteiger partial charge in [0, 0.05) is 23.2 Å². The summed E-state index contributed by atoms with van der Waals surface area (Å²) in [5.41, 5.74) is 0.372. The fourth-order valence-electron chi connectivity index (χ4n) is 1.98. The summed E-state index contributed by atoms with van der Waals surface area (Å²) in [5.74, 6) is -0.717. The van der Waals surface area contributed by atoms with E-state index in [1.165, 1.54) is 12.1 Å². The van der Waals surface area contributed by atoms with Crippen LogP contribution in [0.3, 0.4) is 0 Å². The molecule has 98 valence electrons. The van der Waals surface area contributed by atoms with Gasteiger partial charge in [0.15, 0.2) is 0 Å². The van der Waals surface area contributed by atoms with Crippen molar-refractivity contribution in [3.63, 3.8) is 0 Å². The van der Waals surface area contributed by atoms with E-state index in [1.807, 2.05) is 0 Å². The summed E-state index contributed by atoms with van der Waals surface area (Å²) >= 11 is 3.16. The molecular weight excluding hydrogens is 301 g/mol. The number of benzene rings is 1. The van der Waals surface area contributed by atoms with Gasteiger partial charge in [-0.2, -0.15) is 0 Å². The van der Waals surface area contributed by atoms with Gasteiger partial charge >= 0.3 is 0 Å². The lowest BCUT2D eigenvalue weighted by atomic mass is 10.0. The Balaban J connectivity index is 1.95. The van der Waals surface area contributed by atoms with Gasteiger partial charge in [-0.3, -0.25) is 4.79 Å².